The van der Waals surface area contributed by atoms with Crippen LogP contribution in [0, 0.1) is 0 Å². The Labute approximate surface area is 217 Å². The lowest BCUT2D eigenvalue weighted by molar-refractivity contribution is -0.142. The third kappa shape index (κ3) is 7.68. The van der Waals surface area contributed by atoms with E-state index in [1.807, 2.05) is 0 Å². The third-order valence-electron chi connectivity index (χ3n) is 4.40. The Bertz CT molecular complexity index is 1330. The molecule has 1 aromatic carbocycles. The lowest BCUT2D eigenvalue weighted by atomic mass is 10.2. The molecule has 37 heavy (non-hydrogen) atoms. The van der Waals surface area contributed by atoms with Gasteiger partial charge in [0.05, 0.1) is 46.7 Å². The predicted octanol–water partition coefficient (Wildman–Crippen LogP) is 3.71. The molecule has 1 aromatic rings. The van der Waals surface area contributed by atoms with Crippen molar-refractivity contribution in [2.45, 2.75) is 71.0 Å². The molecule has 1 aliphatic rings. The fourth-order valence-electron chi connectivity index (χ4n) is 3.23. The molecule has 0 radical (unpaired) electrons. The van der Waals surface area contributed by atoms with E-state index in [-0.39, 0.29) is 23.7 Å². The van der Waals surface area contributed by atoms with Crippen molar-refractivity contribution in [2.75, 3.05) is 22.1 Å². The molecule has 0 aromatic heterocycles. The first kappa shape index (κ1) is 30.1. The van der Waals surface area contributed by atoms with Crippen LogP contribution in [-0.4, -0.2) is 59.1 Å². The van der Waals surface area contributed by atoms with Gasteiger partial charge in [-0.2, -0.15) is 4.31 Å². The highest BCUT2D eigenvalue weighted by atomic mass is 32.2. The molecule has 0 atom stereocenters. The number of ether oxygens (including phenoxy) is 3. The van der Waals surface area contributed by atoms with Crippen molar-refractivity contribution in [3.05, 3.63) is 29.3 Å². The molecule has 206 valence electrons. The zero-order valence-corrected chi connectivity index (χ0v) is 23.7. The molecule has 0 bridgehead atoms. The van der Waals surface area contributed by atoms with Crippen LogP contribution in [0.5, 0.6) is 0 Å². The molecule has 1 heterocycles. The first-order chi connectivity index (χ1) is 16.7. The second-order valence-corrected chi connectivity index (χ2v) is 13.7. The molecule has 0 unspecified atom stereocenters. The summed E-state index contributed by atoms with van der Waals surface area (Å²) in [6.07, 6.45) is -2.01. The zero-order chi connectivity index (χ0) is 28.6. The van der Waals surface area contributed by atoms with Gasteiger partial charge in [-0.3, -0.25) is 4.79 Å². The minimum atomic E-state index is -4.32. The van der Waals surface area contributed by atoms with E-state index in [0.717, 1.165) is 29.4 Å². The lowest BCUT2D eigenvalue weighted by Gasteiger charge is -2.33. The first-order valence-electron chi connectivity index (χ1n) is 11.2. The van der Waals surface area contributed by atoms with E-state index in [4.69, 9.17) is 14.2 Å². The summed E-state index contributed by atoms with van der Waals surface area (Å²) < 4.78 is 67.2. The normalized spacial score (nSPS) is 15.2. The van der Waals surface area contributed by atoms with E-state index in [9.17, 15) is 31.2 Å². The molecular formula is C23H32N2O10S2. The van der Waals surface area contributed by atoms with E-state index in [0.29, 0.717) is 9.71 Å². The number of sulfone groups is 1. The van der Waals surface area contributed by atoms with Gasteiger partial charge in [0.2, 0.25) is 19.9 Å². The summed E-state index contributed by atoms with van der Waals surface area (Å²) in [6.45, 7) is 11.0. The van der Waals surface area contributed by atoms with Crippen molar-refractivity contribution in [3.8, 4) is 0 Å². The maximum atomic E-state index is 13.2. The second kappa shape index (κ2) is 10.3. The van der Waals surface area contributed by atoms with Gasteiger partial charge >= 0.3 is 18.2 Å². The number of esters is 1. The van der Waals surface area contributed by atoms with Crippen molar-refractivity contribution in [1.82, 2.24) is 0 Å². The number of fused-ring (bicyclic) bond motifs is 1. The number of nitrogens with zero attached hydrogens (tertiary/aromatic N) is 2. The largest absolute Gasteiger partial charge is 0.466 e. The maximum absolute atomic E-state index is 13.2. The summed E-state index contributed by atoms with van der Waals surface area (Å²) in [5.74, 6) is -0.772. The van der Waals surface area contributed by atoms with Crippen LogP contribution in [0.25, 0.3) is 0 Å². The number of rotatable bonds is 5. The first-order valence-corrected chi connectivity index (χ1v) is 14.6. The lowest BCUT2D eigenvalue weighted by Crippen LogP contribution is -2.41. The van der Waals surface area contributed by atoms with E-state index in [2.05, 4.69) is 0 Å². The quantitative estimate of drug-likeness (QED) is 0.384. The van der Waals surface area contributed by atoms with Crippen LogP contribution in [0.2, 0.25) is 0 Å². The third-order valence-corrected chi connectivity index (χ3v) is 6.95. The Hall–Kier alpha value is -3.13. The summed E-state index contributed by atoms with van der Waals surface area (Å²) in [5, 5.41) is 0.707. The molecular weight excluding hydrogens is 528 g/mol. The SMILES string of the molecule is CCOC(=O)CC1=CS(=O)(=O)c2cc(N(C(=O)OC(C)(C)C)S(C)(=O)=O)ccc2N1C(=O)OC(C)(C)C. The number of hydrogen-bond acceptors (Lipinski definition) is 10. The average Bonchev–Trinajstić information content (AvgIpc) is 2.64. The van der Waals surface area contributed by atoms with Gasteiger partial charge < -0.3 is 14.2 Å². The molecule has 1 aliphatic heterocycles. The van der Waals surface area contributed by atoms with Gasteiger partial charge in [0, 0.05) is 0 Å². The minimum Gasteiger partial charge on any atom is -0.466 e. The smallest absolute Gasteiger partial charge is 0.428 e. The molecule has 2 amide bonds. The van der Waals surface area contributed by atoms with Crippen LogP contribution >= 0.6 is 0 Å². The number of carbonyl (C=O) groups excluding carboxylic acids is 3. The summed E-state index contributed by atoms with van der Waals surface area (Å²) in [6, 6.07) is 3.22. The van der Waals surface area contributed by atoms with Crippen molar-refractivity contribution in [2.24, 2.45) is 0 Å². The Balaban J connectivity index is 2.73. The monoisotopic (exact) mass is 560 g/mol. The predicted molar refractivity (Wildman–Crippen MR) is 135 cm³/mol. The Morgan fingerprint density at radius 3 is 2.05 bits per heavy atom. The summed E-state index contributed by atoms with van der Waals surface area (Å²) in [7, 11) is -8.58. The van der Waals surface area contributed by atoms with Crippen LogP contribution in [-0.2, 0) is 38.9 Å². The second-order valence-electron chi connectivity index (χ2n) is 10.1. The van der Waals surface area contributed by atoms with Gasteiger partial charge in [-0.1, -0.05) is 0 Å². The van der Waals surface area contributed by atoms with Gasteiger partial charge in [-0.25, -0.2) is 31.3 Å². The molecule has 0 spiro atoms. The zero-order valence-electron chi connectivity index (χ0n) is 22.0. The number of hydrogen-bond donors (Lipinski definition) is 0. The van der Waals surface area contributed by atoms with Gasteiger partial charge in [0.25, 0.3) is 0 Å². The van der Waals surface area contributed by atoms with Crippen LogP contribution < -0.4 is 9.21 Å². The number of sulfonamides is 1. The molecule has 0 saturated heterocycles. The molecule has 2 rings (SSSR count). The molecule has 0 fully saturated rings. The number of benzene rings is 1. The molecule has 12 nitrogen and oxygen atoms in total. The summed E-state index contributed by atoms with van der Waals surface area (Å²) in [5.41, 5.74) is -2.76. The van der Waals surface area contributed by atoms with Crippen molar-refractivity contribution in [1.29, 1.82) is 0 Å². The fourth-order valence-corrected chi connectivity index (χ4v) is 5.45. The fraction of sp³-hybridized carbons (Fsp3) is 0.522. The van der Waals surface area contributed by atoms with Gasteiger partial charge in [0.15, 0.2) is 0 Å². The van der Waals surface area contributed by atoms with Crippen LogP contribution in [0.3, 0.4) is 0 Å². The molecule has 14 heteroatoms. The summed E-state index contributed by atoms with van der Waals surface area (Å²) in [4.78, 5) is 38.4. The van der Waals surface area contributed by atoms with Gasteiger partial charge in [-0.15, -0.1) is 0 Å². The maximum Gasteiger partial charge on any atom is 0.428 e. The van der Waals surface area contributed by atoms with Crippen LogP contribution in [0.1, 0.15) is 54.9 Å². The molecule has 0 saturated carbocycles. The topological polar surface area (TPSA) is 154 Å². The van der Waals surface area contributed by atoms with Gasteiger partial charge in [0.1, 0.15) is 11.2 Å². The molecule has 0 aliphatic carbocycles. The van der Waals surface area contributed by atoms with Crippen molar-refractivity contribution in [3.63, 3.8) is 0 Å². The Kier molecular flexibility index (Phi) is 8.40. The highest BCUT2D eigenvalue weighted by molar-refractivity contribution is 7.94. The number of amides is 2. The van der Waals surface area contributed by atoms with Crippen molar-refractivity contribution < 1.29 is 45.4 Å². The molecule has 0 N–H and O–H groups in total. The Morgan fingerprint density at radius 2 is 1.57 bits per heavy atom. The number of carbonyl (C=O) groups is 3. The van der Waals surface area contributed by atoms with E-state index in [1.54, 1.807) is 27.7 Å². The summed E-state index contributed by atoms with van der Waals surface area (Å²) >= 11 is 0. The van der Waals surface area contributed by atoms with E-state index < -0.39 is 60.5 Å². The number of anilines is 2. The van der Waals surface area contributed by atoms with Gasteiger partial charge in [-0.05, 0) is 66.7 Å². The van der Waals surface area contributed by atoms with E-state index >= 15 is 0 Å². The highest BCUT2D eigenvalue weighted by Crippen LogP contribution is 2.40. The standard InChI is InChI=1S/C23H32N2O10S2/c1-9-33-19(26)13-16-14-37(31,32)18-12-15(25(36(8,29)30)21(28)35-23(5,6)7)10-11-17(18)24(16)20(27)34-22(2,3)4/h10-12,14H,9,13H2,1-8H3. The van der Waals surface area contributed by atoms with Crippen LogP contribution in [0.4, 0.5) is 21.0 Å². The highest BCUT2D eigenvalue weighted by Gasteiger charge is 2.38. The minimum absolute atomic E-state index is 0.0389. The van der Waals surface area contributed by atoms with E-state index in [1.165, 1.54) is 20.8 Å². The Morgan fingerprint density at radius 1 is 1.00 bits per heavy atom. The van der Waals surface area contributed by atoms with Crippen molar-refractivity contribution >= 4 is 49.4 Å². The van der Waals surface area contributed by atoms with Crippen LogP contribution in [0.15, 0.2) is 34.2 Å². The average molecular weight is 561 g/mol.